The van der Waals surface area contributed by atoms with E-state index in [9.17, 15) is 8.78 Å². The van der Waals surface area contributed by atoms with E-state index in [4.69, 9.17) is 0 Å². The number of hydrogen-bond acceptors (Lipinski definition) is 2. The summed E-state index contributed by atoms with van der Waals surface area (Å²) in [6, 6.07) is 9.63. The second-order valence-electron chi connectivity index (χ2n) is 3.44. The number of hydrogen-bond donors (Lipinski definition) is 1. The van der Waals surface area contributed by atoms with Crippen molar-refractivity contribution in [2.75, 3.05) is 0 Å². The van der Waals surface area contributed by atoms with Crippen LogP contribution in [0.1, 0.15) is 10.4 Å². The molecule has 0 saturated heterocycles. The Morgan fingerprint density at radius 3 is 2.53 bits per heavy atom. The van der Waals surface area contributed by atoms with Gasteiger partial charge in [-0.05, 0) is 29.8 Å². The molecule has 5 heteroatoms. The molecular weight excluding hydrogens is 264 g/mol. The first-order valence-corrected chi connectivity index (χ1v) is 5.75. The Morgan fingerprint density at radius 2 is 1.88 bits per heavy atom. The van der Waals surface area contributed by atoms with Gasteiger partial charge in [-0.25, -0.2) is 4.39 Å². The number of thiophene rings is 1. The molecule has 92 valence electrons. The fourth-order valence-electron chi connectivity index (χ4n) is 1.42. The molecule has 0 amide bonds. The van der Waals surface area contributed by atoms with Gasteiger partial charge in [-0.3, -0.25) is 0 Å². The van der Waals surface area contributed by atoms with Crippen molar-refractivity contribution < 1.29 is 8.78 Å². The molecule has 1 aromatic carbocycles. The number of rotatable bonds is 4. The Kier molecular flexibility index (Phi) is 5.55. The highest BCUT2D eigenvalue weighted by Gasteiger charge is 1.99. The van der Waals surface area contributed by atoms with Gasteiger partial charge >= 0.3 is 0 Å². The van der Waals surface area contributed by atoms with Crippen molar-refractivity contribution in [1.82, 2.24) is 5.32 Å². The minimum absolute atomic E-state index is 0. The number of benzene rings is 1. The molecule has 0 saturated carbocycles. The molecule has 0 spiro atoms. The van der Waals surface area contributed by atoms with Gasteiger partial charge in [-0.15, -0.1) is 23.7 Å². The van der Waals surface area contributed by atoms with Crippen molar-refractivity contribution in [3.63, 3.8) is 0 Å². The standard InChI is InChI=1S/C12H11F2NS.ClH/c13-10-3-1-2-9(6-10)7-15-8-11-4-5-12(14)16-11;/h1-6,15H,7-8H2;1H. The van der Waals surface area contributed by atoms with Gasteiger partial charge in [-0.2, -0.15) is 4.39 Å². The van der Waals surface area contributed by atoms with E-state index in [0.29, 0.717) is 13.1 Å². The van der Waals surface area contributed by atoms with E-state index in [-0.39, 0.29) is 23.4 Å². The van der Waals surface area contributed by atoms with Crippen molar-refractivity contribution >= 4 is 23.7 Å². The van der Waals surface area contributed by atoms with Crippen LogP contribution in [0.2, 0.25) is 0 Å². The highest BCUT2D eigenvalue weighted by Crippen LogP contribution is 2.14. The van der Waals surface area contributed by atoms with Gasteiger partial charge in [0.15, 0.2) is 5.13 Å². The molecule has 0 unspecified atom stereocenters. The first-order chi connectivity index (χ1) is 7.74. The fraction of sp³-hybridized carbons (Fsp3) is 0.167. The number of halogens is 3. The summed E-state index contributed by atoms with van der Waals surface area (Å²) in [6.45, 7) is 1.18. The summed E-state index contributed by atoms with van der Waals surface area (Å²) in [7, 11) is 0. The van der Waals surface area contributed by atoms with Gasteiger partial charge in [0, 0.05) is 18.0 Å². The van der Waals surface area contributed by atoms with Crippen molar-refractivity contribution in [2.45, 2.75) is 13.1 Å². The summed E-state index contributed by atoms with van der Waals surface area (Å²) >= 11 is 1.12. The second kappa shape index (κ2) is 6.69. The van der Waals surface area contributed by atoms with Crippen LogP contribution in [0.4, 0.5) is 8.78 Å². The van der Waals surface area contributed by atoms with Crippen molar-refractivity contribution in [3.05, 3.63) is 57.8 Å². The van der Waals surface area contributed by atoms with E-state index in [1.165, 1.54) is 18.2 Å². The molecule has 17 heavy (non-hydrogen) atoms. The van der Waals surface area contributed by atoms with Gasteiger partial charge in [0.25, 0.3) is 0 Å². The zero-order chi connectivity index (χ0) is 11.4. The molecule has 0 aliphatic heterocycles. The first-order valence-electron chi connectivity index (χ1n) is 4.93. The van der Waals surface area contributed by atoms with Crippen molar-refractivity contribution in [2.24, 2.45) is 0 Å². The molecule has 0 bridgehead atoms. The Morgan fingerprint density at radius 1 is 1.06 bits per heavy atom. The summed E-state index contributed by atoms with van der Waals surface area (Å²) in [5, 5.41) is 2.96. The molecule has 0 atom stereocenters. The largest absolute Gasteiger partial charge is 0.308 e. The van der Waals surface area contributed by atoms with Gasteiger partial charge in [0.2, 0.25) is 0 Å². The smallest absolute Gasteiger partial charge is 0.176 e. The van der Waals surface area contributed by atoms with Crippen LogP contribution in [0.3, 0.4) is 0 Å². The van der Waals surface area contributed by atoms with Crippen LogP contribution < -0.4 is 5.32 Å². The summed E-state index contributed by atoms with van der Waals surface area (Å²) in [5.41, 5.74) is 0.886. The van der Waals surface area contributed by atoms with E-state index >= 15 is 0 Å². The molecule has 0 aliphatic carbocycles. The van der Waals surface area contributed by atoms with Crippen LogP contribution in [0.25, 0.3) is 0 Å². The van der Waals surface area contributed by atoms with Gasteiger partial charge < -0.3 is 5.32 Å². The molecule has 0 aliphatic rings. The van der Waals surface area contributed by atoms with Gasteiger partial charge in [-0.1, -0.05) is 12.1 Å². The molecule has 1 heterocycles. The molecular formula is C12H12ClF2NS. The molecule has 0 fully saturated rings. The Labute approximate surface area is 109 Å². The Hall–Kier alpha value is -0.970. The maximum atomic E-state index is 12.8. The molecule has 2 rings (SSSR count). The lowest BCUT2D eigenvalue weighted by Crippen LogP contribution is -2.11. The average Bonchev–Trinajstić information content (AvgIpc) is 2.64. The summed E-state index contributed by atoms with van der Waals surface area (Å²) in [6.07, 6.45) is 0. The lowest BCUT2D eigenvalue weighted by molar-refractivity contribution is 0.620. The minimum Gasteiger partial charge on any atom is -0.308 e. The lowest BCUT2D eigenvalue weighted by Gasteiger charge is -2.03. The predicted molar refractivity (Wildman–Crippen MR) is 68.5 cm³/mol. The summed E-state index contributed by atoms with van der Waals surface area (Å²) < 4.78 is 25.5. The third-order valence-electron chi connectivity index (χ3n) is 2.15. The topological polar surface area (TPSA) is 12.0 Å². The van der Waals surface area contributed by atoms with E-state index in [2.05, 4.69) is 5.32 Å². The van der Waals surface area contributed by atoms with Gasteiger partial charge in [0.1, 0.15) is 5.82 Å². The molecule has 1 N–H and O–H groups in total. The van der Waals surface area contributed by atoms with Crippen LogP contribution in [0.15, 0.2) is 36.4 Å². The monoisotopic (exact) mass is 275 g/mol. The van der Waals surface area contributed by atoms with Crippen LogP contribution in [-0.2, 0) is 13.1 Å². The summed E-state index contributed by atoms with van der Waals surface area (Å²) in [5.74, 6) is -0.235. The Bertz CT molecular complexity index is 473. The lowest BCUT2D eigenvalue weighted by atomic mass is 10.2. The molecule has 0 radical (unpaired) electrons. The fourth-order valence-corrected chi connectivity index (χ4v) is 2.12. The van der Waals surface area contributed by atoms with Crippen molar-refractivity contribution in [3.8, 4) is 0 Å². The van der Waals surface area contributed by atoms with E-state index in [1.807, 2.05) is 6.07 Å². The summed E-state index contributed by atoms with van der Waals surface area (Å²) in [4.78, 5) is 0.939. The normalized spacial score (nSPS) is 10.0. The SMILES string of the molecule is Cl.Fc1cccc(CNCc2ccc(F)s2)c1. The van der Waals surface area contributed by atoms with E-state index in [1.54, 1.807) is 12.1 Å². The zero-order valence-corrected chi connectivity index (χ0v) is 10.6. The first kappa shape index (κ1) is 14.1. The quantitative estimate of drug-likeness (QED) is 0.896. The molecule has 1 nitrogen and oxygen atoms in total. The van der Waals surface area contributed by atoms with E-state index < -0.39 is 0 Å². The van der Waals surface area contributed by atoms with E-state index in [0.717, 1.165) is 21.8 Å². The molecule has 1 aromatic heterocycles. The van der Waals surface area contributed by atoms with Crippen LogP contribution in [-0.4, -0.2) is 0 Å². The minimum atomic E-state index is -0.235. The maximum absolute atomic E-state index is 12.8. The highest BCUT2D eigenvalue weighted by atomic mass is 35.5. The zero-order valence-electron chi connectivity index (χ0n) is 8.95. The Balaban J connectivity index is 0.00000144. The predicted octanol–water partition coefficient (Wildman–Crippen LogP) is 3.74. The van der Waals surface area contributed by atoms with Crippen LogP contribution >= 0.6 is 23.7 Å². The highest BCUT2D eigenvalue weighted by molar-refractivity contribution is 7.10. The maximum Gasteiger partial charge on any atom is 0.176 e. The second-order valence-corrected chi connectivity index (χ2v) is 4.56. The molecule has 2 aromatic rings. The average molecular weight is 276 g/mol. The number of nitrogens with one attached hydrogen (secondary N) is 1. The van der Waals surface area contributed by atoms with Crippen LogP contribution in [0, 0.1) is 10.9 Å². The third kappa shape index (κ3) is 4.42. The van der Waals surface area contributed by atoms with Crippen LogP contribution in [0.5, 0.6) is 0 Å². The third-order valence-corrected chi connectivity index (χ3v) is 3.02. The van der Waals surface area contributed by atoms with Gasteiger partial charge in [0.05, 0.1) is 0 Å². The van der Waals surface area contributed by atoms with Crippen molar-refractivity contribution in [1.29, 1.82) is 0 Å².